The second-order valence-electron chi connectivity index (χ2n) is 4.89. The van der Waals surface area contributed by atoms with Crippen LogP contribution >= 0.6 is 11.6 Å². The molecule has 0 spiro atoms. The van der Waals surface area contributed by atoms with E-state index in [0.29, 0.717) is 23.0 Å². The molecular weight excluding hydrogens is 250 g/mol. The minimum absolute atomic E-state index is 0.232. The predicted molar refractivity (Wildman–Crippen MR) is 71.9 cm³/mol. The molecule has 0 aromatic heterocycles. The molecule has 4 heteroatoms. The fraction of sp³-hybridized carbons (Fsp3) is 0.500. The molecule has 0 atom stereocenters. The molecule has 1 aromatic carbocycles. The van der Waals surface area contributed by atoms with E-state index in [2.05, 4.69) is 0 Å². The third-order valence-electron chi connectivity index (χ3n) is 3.50. The lowest BCUT2D eigenvalue weighted by Crippen LogP contribution is -2.29. The van der Waals surface area contributed by atoms with Gasteiger partial charge >= 0.3 is 0 Å². The average Bonchev–Trinajstić information content (AvgIpc) is 2.40. The van der Waals surface area contributed by atoms with Crippen LogP contribution in [0.15, 0.2) is 24.3 Å². The van der Waals surface area contributed by atoms with Gasteiger partial charge in [-0.1, -0.05) is 30.9 Å². The van der Waals surface area contributed by atoms with Gasteiger partial charge in [0, 0.05) is 11.4 Å². The van der Waals surface area contributed by atoms with Crippen molar-refractivity contribution in [2.75, 3.05) is 5.06 Å². The SMILES string of the molecule is O=C(CC1CCCCC1)N(O)c1ccc(Cl)cc1. The van der Waals surface area contributed by atoms with E-state index < -0.39 is 0 Å². The summed E-state index contributed by atoms with van der Waals surface area (Å²) in [6.45, 7) is 0. The maximum atomic E-state index is 11.9. The summed E-state index contributed by atoms with van der Waals surface area (Å²) in [5.74, 6) is 0.192. The number of hydroxylamine groups is 1. The molecule has 0 radical (unpaired) electrons. The van der Waals surface area contributed by atoms with Crippen LogP contribution in [0.5, 0.6) is 0 Å². The quantitative estimate of drug-likeness (QED) is 0.663. The van der Waals surface area contributed by atoms with Crippen molar-refractivity contribution in [3.8, 4) is 0 Å². The van der Waals surface area contributed by atoms with Crippen molar-refractivity contribution in [2.24, 2.45) is 5.92 Å². The molecule has 1 aromatic rings. The Kier molecular flexibility index (Phi) is 4.61. The third-order valence-corrected chi connectivity index (χ3v) is 3.75. The van der Waals surface area contributed by atoms with Crippen molar-refractivity contribution >= 4 is 23.2 Å². The van der Waals surface area contributed by atoms with E-state index in [4.69, 9.17) is 11.6 Å². The number of nitrogens with zero attached hydrogens (tertiary/aromatic N) is 1. The number of carbonyl (C=O) groups excluding carboxylic acids is 1. The first-order valence-electron chi connectivity index (χ1n) is 6.44. The maximum absolute atomic E-state index is 11.9. The molecule has 1 aliphatic rings. The summed E-state index contributed by atoms with van der Waals surface area (Å²) in [6, 6.07) is 6.60. The molecule has 0 saturated heterocycles. The fourth-order valence-corrected chi connectivity index (χ4v) is 2.58. The van der Waals surface area contributed by atoms with E-state index in [0.717, 1.165) is 17.9 Å². The van der Waals surface area contributed by atoms with Crippen LogP contribution in [0.3, 0.4) is 0 Å². The molecule has 0 unspecified atom stereocenters. The van der Waals surface area contributed by atoms with Crippen molar-refractivity contribution in [2.45, 2.75) is 38.5 Å². The summed E-state index contributed by atoms with van der Waals surface area (Å²) in [7, 11) is 0. The zero-order valence-electron chi connectivity index (χ0n) is 10.3. The highest BCUT2D eigenvalue weighted by molar-refractivity contribution is 6.30. The molecular formula is C14H18ClNO2. The second kappa shape index (κ2) is 6.21. The van der Waals surface area contributed by atoms with E-state index in [1.165, 1.54) is 19.3 Å². The highest BCUT2D eigenvalue weighted by atomic mass is 35.5. The van der Waals surface area contributed by atoms with Gasteiger partial charge in [-0.2, -0.15) is 5.06 Å². The van der Waals surface area contributed by atoms with Crippen LogP contribution in [0.25, 0.3) is 0 Å². The summed E-state index contributed by atoms with van der Waals surface area (Å²) in [4.78, 5) is 11.9. The van der Waals surface area contributed by atoms with Crippen LogP contribution in [-0.2, 0) is 4.79 Å². The zero-order valence-corrected chi connectivity index (χ0v) is 11.1. The lowest BCUT2D eigenvalue weighted by molar-refractivity contribution is -0.124. The van der Waals surface area contributed by atoms with E-state index in [-0.39, 0.29) is 5.91 Å². The normalized spacial score (nSPS) is 16.6. The smallest absolute Gasteiger partial charge is 0.250 e. The molecule has 0 heterocycles. The van der Waals surface area contributed by atoms with Crippen LogP contribution in [-0.4, -0.2) is 11.1 Å². The van der Waals surface area contributed by atoms with Crippen LogP contribution in [0.1, 0.15) is 38.5 Å². The molecule has 1 amide bonds. The van der Waals surface area contributed by atoms with Crippen molar-refractivity contribution < 1.29 is 10.0 Å². The van der Waals surface area contributed by atoms with Crippen LogP contribution in [0, 0.1) is 5.92 Å². The number of carbonyl (C=O) groups is 1. The van der Waals surface area contributed by atoms with Gasteiger partial charge in [-0.15, -0.1) is 0 Å². The Morgan fingerprint density at radius 3 is 2.44 bits per heavy atom. The molecule has 1 saturated carbocycles. The summed E-state index contributed by atoms with van der Waals surface area (Å²) < 4.78 is 0. The summed E-state index contributed by atoms with van der Waals surface area (Å²) in [5.41, 5.74) is 0.472. The molecule has 0 aliphatic heterocycles. The van der Waals surface area contributed by atoms with Crippen molar-refractivity contribution in [1.29, 1.82) is 0 Å². The number of benzene rings is 1. The van der Waals surface area contributed by atoms with E-state index >= 15 is 0 Å². The zero-order chi connectivity index (χ0) is 13.0. The monoisotopic (exact) mass is 267 g/mol. The van der Waals surface area contributed by atoms with E-state index in [9.17, 15) is 10.0 Å². The number of rotatable bonds is 3. The van der Waals surface area contributed by atoms with Gasteiger partial charge in [0.2, 0.25) is 0 Å². The first kappa shape index (κ1) is 13.4. The Balaban J connectivity index is 1.93. The minimum atomic E-state index is -0.232. The molecule has 18 heavy (non-hydrogen) atoms. The number of hydrogen-bond acceptors (Lipinski definition) is 2. The minimum Gasteiger partial charge on any atom is -0.281 e. The van der Waals surface area contributed by atoms with Gasteiger partial charge in [0.25, 0.3) is 5.91 Å². The summed E-state index contributed by atoms with van der Waals surface area (Å²) in [6.07, 6.45) is 6.29. The Labute approximate surface area is 112 Å². The predicted octanol–water partition coefficient (Wildman–Crippen LogP) is 4.03. The van der Waals surface area contributed by atoms with Gasteiger partial charge in [0.05, 0.1) is 5.69 Å². The summed E-state index contributed by atoms with van der Waals surface area (Å²) in [5, 5.41) is 11.2. The van der Waals surface area contributed by atoms with Crippen LogP contribution < -0.4 is 5.06 Å². The van der Waals surface area contributed by atoms with Gasteiger partial charge in [-0.25, -0.2) is 0 Å². The molecule has 2 rings (SSSR count). The molecule has 1 N–H and O–H groups in total. The largest absolute Gasteiger partial charge is 0.281 e. The van der Waals surface area contributed by atoms with Crippen LogP contribution in [0.4, 0.5) is 5.69 Å². The lowest BCUT2D eigenvalue weighted by atomic mass is 9.87. The lowest BCUT2D eigenvalue weighted by Gasteiger charge is -2.23. The Morgan fingerprint density at radius 1 is 1.22 bits per heavy atom. The van der Waals surface area contributed by atoms with Crippen LogP contribution in [0.2, 0.25) is 5.02 Å². The average molecular weight is 268 g/mol. The van der Waals surface area contributed by atoms with Gasteiger partial charge in [0.15, 0.2) is 0 Å². The van der Waals surface area contributed by atoms with E-state index in [1.807, 2.05) is 0 Å². The van der Waals surface area contributed by atoms with Crippen molar-refractivity contribution in [3.63, 3.8) is 0 Å². The van der Waals surface area contributed by atoms with Crippen molar-refractivity contribution in [3.05, 3.63) is 29.3 Å². The third kappa shape index (κ3) is 3.47. The molecule has 1 aliphatic carbocycles. The first-order valence-corrected chi connectivity index (χ1v) is 6.82. The molecule has 3 nitrogen and oxygen atoms in total. The van der Waals surface area contributed by atoms with Gasteiger partial charge in [0.1, 0.15) is 0 Å². The second-order valence-corrected chi connectivity index (χ2v) is 5.33. The van der Waals surface area contributed by atoms with Gasteiger partial charge in [-0.3, -0.25) is 10.0 Å². The molecule has 0 bridgehead atoms. The highest BCUT2D eigenvalue weighted by Crippen LogP contribution is 2.27. The highest BCUT2D eigenvalue weighted by Gasteiger charge is 2.21. The standard InChI is InChI=1S/C14H18ClNO2/c15-12-6-8-13(9-7-12)16(18)14(17)10-11-4-2-1-3-5-11/h6-9,11,18H,1-5,10H2. The Hall–Kier alpha value is -1.06. The Bertz CT molecular complexity index is 399. The first-order chi connectivity index (χ1) is 8.66. The Morgan fingerprint density at radius 2 is 1.83 bits per heavy atom. The number of anilines is 1. The molecule has 98 valence electrons. The summed E-state index contributed by atoms with van der Waals surface area (Å²) >= 11 is 5.77. The van der Waals surface area contributed by atoms with Gasteiger partial charge in [-0.05, 0) is 43.0 Å². The fourth-order valence-electron chi connectivity index (χ4n) is 2.45. The number of halogens is 1. The van der Waals surface area contributed by atoms with E-state index in [1.54, 1.807) is 24.3 Å². The molecule has 1 fully saturated rings. The maximum Gasteiger partial charge on any atom is 0.250 e. The topological polar surface area (TPSA) is 40.5 Å². The van der Waals surface area contributed by atoms with Crippen molar-refractivity contribution in [1.82, 2.24) is 0 Å². The number of amides is 1. The number of hydrogen-bond donors (Lipinski definition) is 1. The van der Waals surface area contributed by atoms with Gasteiger partial charge < -0.3 is 0 Å².